The van der Waals surface area contributed by atoms with Crippen LogP contribution in [0.5, 0.6) is 11.5 Å². The molecule has 7 nitrogen and oxygen atoms in total. The van der Waals surface area contributed by atoms with Gasteiger partial charge in [-0.15, -0.1) is 0 Å². The average molecular weight is 295 g/mol. The number of carbonyl (C=O) groups is 2. The third kappa shape index (κ3) is 4.35. The van der Waals surface area contributed by atoms with E-state index in [9.17, 15) is 9.59 Å². The highest BCUT2D eigenvalue weighted by atomic mass is 16.6. The Morgan fingerprint density at radius 2 is 2.10 bits per heavy atom. The van der Waals surface area contributed by atoms with Crippen LogP contribution in [0.1, 0.15) is 0 Å². The largest absolute Gasteiger partial charge is 0.485 e. The van der Waals surface area contributed by atoms with E-state index in [1.165, 1.54) is 7.11 Å². The van der Waals surface area contributed by atoms with E-state index in [2.05, 4.69) is 5.32 Å². The number of hydrogen-bond acceptors (Lipinski definition) is 6. The summed E-state index contributed by atoms with van der Waals surface area (Å²) in [7, 11) is 1.53. The minimum Gasteiger partial charge on any atom is -0.485 e. The Hall–Kier alpha value is -2.28. The standard InChI is InChI=1S/C14H17NO6/c1-18-7-6-15-13(16)9-20-14(17)12-8-19-10-4-2-3-5-11(10)21-12/h2-5,12H,6-9H2,1H3,(H,15,16)/t12-/m0/s1. The highest BCUT2D eigenvalue weighted by Crippen LogP contribution is 2.30. The molecule has 0 saturated heterocycles. The summed E-state index contributed by atoms with van der Waals surface area (Å²) in [5.74, 6) is 0.0398. The number of esters is 1. The molecule has 0 fully saturated rings. The van der Waals surface area contributed by atoms with Crippen LogP contribution >= 0.6 is 0 Å². The molecule has 0 bridgehead atoms. The van der Waals surface area contributed by atoms with Crippen molar-refractivity contribution < 1.29 is 28.5 Å². The number of benzene rings is 1. The molecule has 1 amide bonds. The second kappa shape index (κ2) is 7.49. The Labute approximate surface area is 122 Å². The summed E-state index contributed by atoms with van der Waals surface area (Å²) in [6.45, 7) is 0.463. The average Bonchev–Trinajstić information content (AvgIpc) is 2.52. The molecule has 21 heavy (non-hydrogen) atoms. The van der Waals surface area contributed by atoms with Crippen molar-refractivity contribution in [2.45, 2.75) is 6.10 Å². The summed E-state index contributed by atoms with van der Waals surface area (Å²) in [6, 6.07) is 7.04. The fraction of sp³-hybridized carbons (Fsp3) is 0.429. The molecule has 1 heterocycles. The van der Waals surface area contributed by atoms with Crippen molar-refractivity contribution in [3.8, 4) is 11.5 Å². The first-order valence-corrected chi connectivity index (χ1v) is 6.51. The number of amides is 1. The zero-order chi connectivity index (χ0) is 15.1. The Balaban J connectivity index is 1.76. The summed E-state index contributed by atoms with van der Waals surface area (Å²) < 4.78 is 20.6. The molecule has 0 spiro atoms. The van der Waals surface area contributed by atoms with Gasteiger partial charge < -0.3 is 24.3 Å². The lowest BCUT2D eigenvalue weighted by Crippen LogP contribution is -2.40. The minimum absolute atomic E-state index is 0.0567. The van der Waals surface area contributed by atoms with E-state index in [1.54, 1.807) is 18.2 Å². The van der Waals surface area contributed by atoms with Crippen LogP contribution in [-0.2, 0) is 19.1 Å². The summed E-state index contributed by atoms with van der Waals surface area (Å²) in [6.07, 6.45) is -0.869. The number of rotatable bonds is 6. The zero-order valence-electron chi connectivity index (χ0n) is 11.7. The Morgan fingerprint density at radius 3 is 2.86 bits per heavy atom. The summed E-state index contributed by atoms with van der Waals surface area (Å²) >= 11 is 0. The molecule has 2 rings (SSSR count). The molecule has 1 aromatic carbocycles. The Bertz CT molecular complexity index is 504. The maximum atomic E-state index is 11.8. The second-order valence-electron chi connectivity index (χ2n) is 4.31. The van der Waals surface area contributed by atoms with Crippen molar-refractivity contribution in [2.24, 2.45) is 0 Å². The zero-order valence-corrected chi connectivity index (χ0v) is 11.7. The molecule has 1 aromatic rings. The Kier molecular flexibility index (Phi) is 5.39. The third-order valence-electron chi connectivity index (χ3n) is 2.75. The predicted molar refractivity (Wildman–Crippen MR) is 72.2 cm³/mol. The van der Waals surface area contributed by atoms with E-state index in [0.29, 0.717) is 24.7 Å². The van der Waals surface area contributed by atoms with Gasteiger partial charge in [0.05, 0.1) is 6.61 Å². The molecule has 0 aliphatic carbocycles. The maximum Gasteiger partial charge on any atom is 0.351 e. The lowest BCUT2D eigenvalue weighted by Gasteiger charge is -2.24. The maximum absolute atomic E-state index is 11.8. The van der Waals surface area contributed by atoms with Gasteiger partial charge in [0.1, 0.15) is 6.61 Å². The van der Waals surface area contributed by atoms with Crippen LogP contribution in [0.3, 0.4) is 0 Å². The van der Waals surface area contributed by atoms with Crippen LogP contribution < -0.4 is 14.8 Å². The van der Waals surface area contributed by atoms with E-state index in [1.807, 2.05) is 6.07 Å². The quantitative estimate of drug-likeness (QED) is 0.593. The summed E-state index contributed by atoms with van der Waals surface area (Å²) in [5.41, 5.74) is 0. The SMILES string of the molecule is COCCNC(=O)COC(=O)[C@@H]1COc2ccccc2O1. The van der Waals surface area contributed by atoms with Gasteiger partial charge in [-0.1, -0.05) is 12.1 Å². The van der Waals surface area contributed by atoms with Crippen LogP contribution in [0, 0.1) is 0 Å². The van der Waals surface area contributed by atoms with Crippen molar-refractivity contribution in [3.63, 3.8) is 0 Å². The number of ether oxygens (including phenoxy) is 4. The van der Waals surface area contributed by atoms with Crippen LogP contribution in [0.15, 0.2) is 24.3 Å². The van der Waals surface area contributed by atoms with E-state index in [-0.39, 0.29) is 13.2 Å². The topological polar surface area (TPSA) is 83.1 Å². The first-order valence-electron chi connectivity index (χ1n) is 6.51. The molecular formula is C14H17NO6. The molecule has 7 heteroatoms. The van der Waals surface area contributed by atoms with Crippen LogP contribution in [0.2, 0.25) is 0 Å². The number of nitrogens with one attached hydrogen (secondary N) is 1. The number of fused-ring (bicyclic) bond motifs is 1. The van der Waals surface area contributed by atoms with Crippen molar-refractivity contribution in [3.05, 3.63) is 24.3 Å². The van der Waals surface area contributed by atoms with Gasteiger partial charge in [-0.05, 0) is 12.1 Å². The molecule has 114 valence electrons. The van der Waals surface area contributed by atoms with E-state index in [0.717, 1.165) is 0 Å². The van der Waals surface area contributed by atoms with Gasteiger partial charge in [-0.3, -0.25) is 4.79 Å². The molecule has 1 atom stereocenters. The van der Waals surface area contributed by atoms with E-state index in [4.69, 9.17) is 18.9 Å². The van der Waals surface area contributed by atoms with Gasteiger partial charge in [-0.2, -0.15) is 0 Å². The molecular weight excluding hydrogens is 278 g/mol. The Morgan fingerprint density at radius 1 is 1.33 bits per heavy atom. The van der Waals surface area contributed by atoms with Crippen molar-refractivity contribution in [2.75, 3.05) is 33.5 Å². The van der Waals surface area contributed by atoms with Crippen molar-refractivity contribution >= 4 is 11.9 Å². The van der Waals surface area contributed by atoms with Gasteiger partial charge in [0.25, 0.3) is 5.91 Å². The molecule has 0 unspecified atom stereocenters. The molecule has 0 radical (unpaired) electrons. The van der Waals surface area contributed by atoms with Crippen LogP contribution in [0.4, 0.5) is 0 Å². The first-order chi connectivity index (χ1) is 10.2. The summed E-state index contributed by atoms with van der Waals surface area (Å²) in [5, 5.41) is 2.54. The van der Waals surface area contributed by atoms with Crippen LogP contribution in [0.25, 0.3) is 0 Å². The highest BCUT2D eigenvalue weighted by molar-refractivity contribution is 5.82. The smallest absolute Gasteiger partial charge is 0.351 e. The lowest BCUT2D eigenvalue weighted by atomic mass is 10.2. The number of carbonyl (C=O) groups excluding carboxylic acids is 2. The first kappa shape index (κ1) is 15.1. The molecule has 1 N–H and O–H groups in total. The molecule has 0 aromatic heterocycles. The van der Waals surface area contributed by atoms with Gasteiger partial charge in [0, 0.05) is 13.7 Å². The molecule has 1 aliphatic heterocycles. The van der Waals surface area contributed by atoms with Gasteiger partial charge >= 0.3 is 5.97 Å². The summed E-state index contributed by atoms with van der Waals surface area (Å²) in [4.78, 5) is 23.2. The second-order valence-corrected chi connectivity index (χ2v) is 4.31. The highest BCUT2D eigenvalue weighted by Gasteiger charge is 2.28. The fourth-order valence-electron chi connectivity index (χ4n) is 1.71. The van der Waals surface area contributed by atoms with E-state index < -0.39 is 18.0 Å². The van der Waals surface area contributed by atoms with Crippen molar-refractivity contribution in [1.29, 1.82) is 0 Å². The van der Waals surface area contributed by atoms with Gasteiger partial charge in [-0.25, -0.2) is 4.79 Å². The normalized spacial score (nSPS) is 16.1. The molecule has 1 aliphatic rings. The predicted octanol–water partition coefficient (Wildman–Crippen LogP) is 0.132. The van der Waals surface area contributed by atoms with Crippen molar-refractivity contribution in [1.82, 2.24) is 5.32 Å². The van der Waals surface area contributed by atoms with E-state index >= 15 is 0 Å². The number of methoxy groups -OCH3 is 1. The number of para-hydroxylation sites is 2. The minimum atomic E-state index is -0.869. The van der Waals surface area contributed by atoms with Crippen LogP contribution in [-0.4, -0.2) is 51.5 Å². The monoisotopic (exact) mass is 295 g/mol. The van der Waals surface area contributed by atoms with Gasteiger partial charge in [0.2, 0.25) is 6.10 Å². The third-order valence-corrected chi connectivity index (χ3v) is 2.75. The fourth-order valence-corrected chi connectivity index (χ4v) is 1.71. The lowest BCUT2D eigenvalue weighted by molar-refractivity contribution is -0.157. The number of hydrogen-bond donors (Lipinski definition) is 1. The molecule has 0 saturated carbocycles. The van der Waals surface area contributed by atoms with Gasteiger partial charge in [0.15, 0.2) is 18.1 Å².